The number of aromatic nitrogens is 1. The number of nitrogens with zero attached hydrogens (tertiary/aromatic N) is 1. The second-order valence-corrected chi connectivity index (χ2v) is 8.43. The van der Waals surface area contributed by atoms with Crippen molar-refractivity contribution in [1.29, 1.82) is 0 Å². The average molecular weight is 448 g/mol. The van der Waals surface area contributed by atoms with Crippen molar-refractivity contribution in [2.45, 2.75) is 50.8 Å². The predicted molar refractivity (Wildman–Crippen MR) is 113 cm³/mol. The second-order valence-electron chi connectivity index (χ2n) is 7.19. The Bertz CT molecular complexity index is 867. The zero-order chi connectivity index (χ0) is 17.2. The Balaban J connectivity index is 1.57. The SMILES string of the molecule is OC(CNC1CCCCC1)Cn1c2ccccc2c2cc(I)ccc21. The molecule has 0 saturated heterocycles. The molecule has 3 aromatic rings. The van der Waals surface area contributed by atoms with Crippen molar-refractivity contribution in [2.24, 2.45) is 0 Å². The molecule has 0 amide bonds. The van der Waals surface area contributed by atoms with Crippen LogP contribution >= 0.6 is 22.6 Å². The smallest absolute Gasteiger partial charge is 0.0843 e. The Morgan fingerprint density at radius 3 is 2.64 bits per heavy atom. The summed E-state index contributed by atoms with van der Waals surface area (Å²) in [5.41, 5.74) is 2.41. The van der Waals surface area contributed by atoms with Crippen LogP contribution in [0, 0.1) is 3.57 Å². The van der Waals surface area contributed by atoms with Gasteiger partial charge in [0.2, 0.25) is 0 Å². The third kappa shape index (κ3) is 3.71. The summed E-state index contributed by atoms with van der Waals surface area (Å²) in [6.07, 6.45) is 6.13. The number of halogens is 1. The largest absolute Gasteiger partial charge is 0.390 e. The van der Waals surface area contributed by atoms with Crippen LogP contribution in [0.15, 0.2) is 42.5 Å². The van der Waals surface area contributed by atoms with Crippen molar-refractivity contribution in [3.8, 4) is 0 Å². The minimum atomic E-state index is -0.375. The highest BCUT2D eigenvalue weighted by Crippen LogP contribution is 2.30. The second kappa shape index (κ2) is 7.64. The Labute approximate surface area is 162 Å². The van der Waals surface area contributed by atoms with Gasteiger partial charge in [0, 0.05) is 38.0 Å². The van der Waals surface area contributed by atoms with Crippen molar-refractivity contribution in [3.63, 3.8) is 0 Å². The van der Waals surface area contributed by atoms with Gasteiger partial charge in [0.1, 0.15) is 0 Å². The van der Waals surface area contributed by atoms with Gasteiger partial charge in [0.15, 0.2) is 0 Å². The number of hydrogen-bond acceptors (Lipinski definition) is 2. The van der Waals surface area contributed by atoms with E-state index in [-0.39, 0.29) is 6.10 Å². The maximum atomic E-state index is 10.6. The minimum Gasteiger partial charge on any atom is -0.390 e. The van der Waals surface area contributed by atoms with E-state index in [1.54, 1.807) is 0 Å². The summed E-state index contributed by atoms with van der Waals surface area (Å²) in [5, 5.41) is 16.8. The fraction of sp³-hybridized carbons (Fsp3) is 0.429. The van der Waals surface area contributed by atoms with Crippen molar-refractivity contribution >= 4 is 44.4 Å². The number of hydrogen-bond donors (Lipinski definition) is 2. The number of nitrogens with one attached hydrogen (secondary N) is 1. The first-order valence-corrected chi connectivity index (χ1v) is 10.4. The molecular weight excluding hydrogens is 423 g/mol. The Morgan fingerprint density at radius 2 is 1.80 bits per heavy atom. The summed E-state index contributed by atoms with van der Waals surface area (Å²) < 4.78 is 3.51. The normalized spacial score (nSPS) is 17.4. The molecule has 2 N–H and O–H groups in total. The van der Waals surface area contributed by atoms with Crippen LogP contribution < -0.4 is 5.32 Å². The number of fused-ring (bicyclic) bond motifs is 3. The monoisotopic (exact) mass is 448 g/mol. The van der Waals surface area contributed by atoms with E-state index < -0.39 is 0 Å². The molecule has 1 heterocycles. The van der Waals surface area contributed by atoms with Crippen LogP contribution in [-0.4, -0.2) is 28.4 Å². The van der Waals surface area contributed by atoms with E-state index in [1.807, 2.05) is 0 Å². The molecule has 25 heavy (non-hydrogen) atoms. The lowest BCUT2D eigenvalue weighted by Gasteiger charge is -2.24. The maximum absolute atomic E-state index is 10.6. The fourth-order valence-electron chi connectivity index (χ4n) is 4.11. The van der Waals surface area contributed by atoms with E-state index in [4.69, 9.17) is 0 Å². The first kappa shape index (κ1) is 17.3. The lowest BCUT2D eigenvalue weighted by atomic mass is 9.95. The summed E-state index contributed by atoms with van der Waals surface area (Å²) >= 11 is 2.36. The Hall–Kier alpha value is -1.11. The summed E-state index contributed by atoms with van der Waals surface area (Å²) in [4.78, 5) is 0. The highest BCUT2D eigenvalue weighted by molar-refractivity contribution is 14.1. The molecule has 2 aromatic carbocycles. The van der Waals surface area contributed by atoms with E-state index in [9.17, 15) is 5.11 Å². The van der Waals surface area contributed by atoms with Gasteiger partial charge >= 0.3 is 0 Å². The van der Waals surface area contributed by atoms with E-state index in [0.29, 0.717) is 19.1 Å². The predicted octanol–water partition coefficient (Wildman–Crippen LogP) is 4.68. The third-order valence-electron chi connectivity index (χ3n) is 5.38. The summed E-state index contributed by atoms with van der Waals surface area (Å²) in [7, 11) is 0. The first-order valence-electron chi connectivity index (χ1n) is 9.30. The fourth-order valence-corrected chi connectivity index (χ4v) is 4.60. The van der Waals surface area contributed by atoms with Crippen molar-refractivity contribution in [3.05, 3.63) is 46.0 Å². The number of benzene rings is 2. The van der Waals surface area contributed by atoms with Gasteiger partial charge in [-0.25, -0.2) is 0 Å². The molecule has 1 fully saturated rings. The van der Waals surface area contributed by atoms with E-state index >= 15 is 0 Å². The van der Waals surface area contributed by atoms with Crippen molar-refractivity contribution in [2.75, 3.05) is 6.54 Å². The maximum Gasteiger partial charge on any atom is 0.0843 e. The Morgan fingerprint density at radius 1 is 1.04 bits per heavy atom. The van der Waals surface area contributed by atoms with Gasteiger partial charge in [-0.2, -0.15) is 0 Å². The number of rotatable bonds is 5. The molecule has 1 aliphatic rings. The number of aliphatic hydroxyl groups is 1. The lowest BCUT2D eigenvalue weighted by Crippen LogP contribution is -2.38. The summed E-state index contributed by atoms with van der Waals surface area (Å²) in [6.45, 7) is 1.30. The zero-order valence-electron chi connectivity index (χ0n) is 14.4. The van der Waals surface area contributed by atoms with Crippen LogP contribution in [0.1, 0.15) is 32.1 Å². The molecule has 3 nitrogen and oxygen atoms in total. The van der Waals surface area contributed by atoms with E-state index in [0.717, 1.165) is 0 Å². The molecule has 4 heteroatoms. The number of para-hydroxylation sites is 1. The molecule has 1 aliphatic carbocycles. The van der Waals surface area contributed by atoms with Crippen molar-refractivity contribution in [1.82, 2.24) is 9.88 Å². The van der Waals surface area contributed by atoms with Crippen molar-refractivity contribution < 1.29 is 5.11 Å². The molecule has 132 valence electrons. The molecule has 1 atom stereocenters. The molecule has 4 rings (SSSR count). The molecule has 1 aromatic heterocycles. The highest BCUT2D eigenvalue weighted by atomic mass is 127. The topological polar surface area (TPSA) is 37.2 Å². The van der Waals surface area contributed by atoms with E-state index in [1.165, 1.54) is 57.5 Å². The lowest BCUT2D eigenvalue weighted by molar-refractivity contribution is 0.147. The first-order chi connectivity index (χ1) is 12.2. The van der Waals surface area contributed by atoms with Gasteiger partial charge in [-0.15, -0.1) is 0 Å². The molecule has 0 aliphatic heterocycles. The third-order valence-corrected chi connectivity index (χ3v) is 6.05. The number of aliphatic hydroxyl groups excluding tert-OH is 1. The average Bonchev–Trinajstić information content (AvgIpc) is 2.94. The van der Waals surface area contributed by atoms with Crippen LogP contribution in [-0.2, 0) is 6.54 Å². The molecule has 1 saturated carbocycles. The van der Waals surface area contributed by atoms with Crippen LogP contribution in [0.25, 0.3) is 21.8 Å². The summed E-state index contributed by atoms with van der Waals surface area (Å²) in [5.74, 6) is 0. The zero-order valence-corrected chi connectivity index (χ0v) is 16.6. The van der Waals surface area contributed by atoms with Gasteiger partial charge in [-0.3, -0.25) is 0 Å². The van der Waals surface area contributed by atoms with Gasteiger partial charge in [0.05, 0.1) is 12.6 Å². The molecule has 0 radical (unpaired) electrons. The molecule has 0 bridgehead atoms. The quantitative estimate of drug-likeness (QED) is 0.557. The highest BCUT2D eigenvalue weighted by Gasteiger charge is 2.17. The molecule has 0 spiro atoms. The van der Waals surface area contributed by atoms with Gasteiger partial charge in [-0.1, -0.05) is 37.5 Å². The standard InChI is InChI=1S/C21H25IN2O/c22-15-10-11-21-19(12-15)18-8-4-5-9-20(18)24(21)14-17(25)13-23-16-6-2-1-3-7-16/h4-5,8-12,16-17,23,25H,1-3,6-7,13-14H2. The minimum absolute atomic E-state index is 0.375. The molecule has 1 unspecified atom stereocenters. The van der Waals surface area contributed by atoms with E-state index in [2.05, 4.69) is 74.9 Å². The Kier molecular flexibility index (Phi) is 5.29. The van der Waals surface area contributed by atoms with Crippen LogP contribution in [0.3, 0.4) is 0 Å². The van der Waals surface area contributed by atoms with Gasteiger partial charge < -0.3 is 15.0 Å². The molecular formula is C21H25IN2O. The van der Waals surface area contributed by atoms with Crippen LogP contribution in [0.4, 0.5) is 0 Å². The van der Waals surface area contributed by atoms with Gasteiger partial charge in [0.25, 0.3) is 0 Å². The summed E-state index contributed by atoms with van der Waals surface area (Å²) in [6, 6.07) is 15.6. The van der Waals surface area contributed by atoms with Crippen LogP contribution in [0.2, 0.25) is 0 Å². The van der Waals surface area contributed by atoms with Gasteiger partial charge in [-0.05, 0) is 59.7 Å². The van der Waals surface area contributed by atoms with Crippen LogP contribution in [0.5, 0.6) is 0 Å².